The van der Waals surface area contributed by atoms with Gasteiger partial charge in [-0.3, -0.25) is 0 Å². The second-order valence-corrected chi connectivity index (χ2v) is 2.88. The quantitative estimate of drug-likeness (QED) is 0.499. The van der Waals surface area contributed by atoms with Crippen molar-refractivity contribution in [2.45, 2.75) is 20.3 Å². The SMILES string of the molecule is C=C1COCCC1=C(C)C. The van der Waals surface area contributed by atoms with Crippen LogP contribution in [0.15, 0.2) is 23.3 Å². The Morgan fingerprint density at radius 1 is 1.50 bits per heavy atom. The Morgan fingerprint density at radius 3 is 2.60 bits per heavy atom. The summed E-state index contributed by atoms with van der Waals surface area (Å²) in [6.45, 7) is 9.78. The second kappa shape index (κ2) is 3.02. The maximum absolute atomic E-state index is 5.23. The molecule has 0 aromatic rings. The van der Waals surface area contributed by atoms with Gasteiger partial charge in [-0.15, -0.1) is 0 Å². The van der Waals surface area contributed by atoms with E-state index in [9.17, 15) is 0 Å². The predicted molar refractivity (Wildman–Crippen MR) is 43.0 cm³/mol. The van der Waals surface area contributed by atoms with Gasteiger partial charge >= 0.3 is 0 Å². The summed E-state index contributed by atoms with van der Waals surface area (Å²) in [5, 5.41) is 0. The Morgan fingerprint density at radius 2 is 2.20 bits per heavy atom. The molecule has 1 fully saturated rings. The molecule has 1 heteroatoms. The molecule has 0 bridgehead atoms. The zero-order valence-corrected chi connectivity index (χ0v) is 6.74. The lowest BCUT2D eigenvalue weighted by Crippen LogP contribution is -2.11. The molecule has 0 radical (unpaired) electrons. The minimum Gasteiger partial charge on any atom is -0.376 e. The average Bonchev–Trinajstić information content (AvgIpc) is 1.88. The largest absolute Gasteiger partial charge is 0.376 e. The second-order valence-electron chi connectivity index (χ2n) is 2.88. The van der Waals surface area contributed by atoms with E-state index < -0.39 is 0 Å². The first-order valence-electron chi connectivity index (χ1n) is 3.64. The topological polar surface area (TPSA) is 9.23 Å². The van der Waals surface area contributed by atoms with Crippen LogP contribution in [0, 0.1) is 0 Å². The van der Waals surface area contributed by atoms with E-state index in [2.05, 4.69) is 20.4 Å². The molecule has 1 aliphatic heterocycles. The fraction of sp³-hybridized carbons (Fsp3) is 0.556. The highest BCUT2D eigenvalue weighted by molar-refractivity contribution is 5.33. The molecular weight excluding hydrogens is 124 g/mol. The first kappa shape index (κ1) is 7.55. The first-order chi connectivity index (χ1) is 4.72. The molecule has 1 rings (SSSR count). The van der Waals surface area contributed by atoms with Crippen molar-refractivity contribution in [3.05, 3.63) is 23.3 Å². The molecule has 0 amide bonds. The van der Waals surface area contributed by atoms with Crippen LogP contribution in [-0.4, -0.2) is 13.2 Å². The van der Waals surface area contributed by atoms with Gasteiger partial charge in [0, 0.05) is 0 Å². The molecule has 0 spiro atoms. The molecular formula is C9H14O. The normalized spacial score (nSPS) is 19.4. The lowest BCUT2D eigenvalue weighted by atomic mass is 9.99. The maximum atomic E-state index is 5.23. The molecule has 0 aromatic heterocycles. The minimum atomic E-state index is 0.723. The summed E-state index contributed by atoms with van der Waals surface area (Å²) < 4.78 is 5.23. The van der Waals surface area contributed by atoms with Crippen LogP contribution in [0.2, 0.25) is 0 Å². The number of ether oxygens (including phenoxy) is 1. The predicted octanol–water partition coefficient (Wildman–Crippen LogP) is 2.30. The van der Waals surface area contributed by atoms with Crippen LogP contribution in [-0.2, 0) is 4.74 Å². The Bertz CT molecular complexity index is 173. The van der Waals surface area contributed by atoms with Gasteiger partial charge in [-0.05, 0) is 31.4 Å². The van der Waals surface area contributed by atoms with Gasteiger partial charge in [-0.1, -0.05) is 12.2 Å². The van der Waals surface area contributed by atoms with Crippen molar-refractivity contribution in [1.82, 2.24) is 0 Å². The molecule has 0 saturated carbocycles. The smallest absolute Gasteiger partial charge is 0.0713 e. The van der Waals surface area contributed by atoms with Crippen molar-refractivity contribution in [1.29, 1.82) is 0 Å². The van der Waals surface area contributed by atoms with Crippen LogP contribution in [0.5, 0.6) is 0 Å². The molecule has 0 aliphatic carbocycles. The minimum absolute atomic E-state index is 0.723. The van der Waals surface area contributed by atoms with Crippen molar-refractivity contribution in [2.75, 3.05) is 13.2 Å². The number of allylic oxidation sites excluding steroid dienone is 1. The monoisotopic (exact) mass is 138 g/mol. The Balaban J connectivity index is 2.75. The van der Waals surface area contributed by atoms with Crippen LogP contribution in [0.4, 0.5) is 0 Å². The highest BCUT2D eigenvalue weighted by atomic mass is 16.5. The van der Waals surface area contributed by atoms with E-state index in [-0.39, 0.29) is 0 Å². The fourth-order valence-electron chi connectivity index (χ4n) is 1.24. The number of rotatable bonds is 0. The summed E-state index contributed by atoms with van der Waals surface area (Å²) in [6, 6.07) is 0. The number of hydrogen-bond acceptors (Lipinski definition) is 1. The van der Waals surface area contributed by atoms with Crippen molar-refractivity contribution >= 4 is 0 Å². The highest BCUT2D eigenvalue weighted by Crippen LogP contribution is 2.21. The van der Waals surface area contributed by atoms with E-state index in [0.29, 0.717) is 0 Å². The van der Waals surface area contributed by atoms with Crippen molar-refractivity contribution in [3.63, 3.8) is 0 Å². The summed E-state index contributed by atoms with van der Waals surface area (Å²) >= 11 is 0. The molecule has 1 aliphatic rings. The average molecular weight is 138 g/mol. The molecule has 1 nitrogen and oxygen atoms in total. The molecule has 0 aromatic carbocycles. The van der Waals surface area contributed by atoms with Gasteiger partial charge < -0.3 is 4.74 Å². The van der Waals surface area contributed by atoms with Crippen molar-refractivity contribution < 1.29 is 4.74 Å². The van der Waals surface area contributed by atoms with Gasteiger partial charge in [0.1, 0.15) is 0 Å². The third-order valence-corrected chi connectivity index (χ3v) is 1.80. The fourth-order valence-corrected chi connectivity index (χ4v) is 1.24. The lowest BCUT2D eigenvalue weighted by Gasteiger charge is -2.18. The van der Waals surface area contributed by atoms with Gasteiger partial charge in [0.15, 0.2) is 0 Å². The Kier molecular flexibility index (Phi) is 2.28. The molecule has 10 heavy (non-hydrogen) atoms. The standard InChI is InChI=1S/C9H14O/c1-7(2)9-4-5-10-6-8(9)3/h3-6H2,1-2H3. The van der Waals surface area contributed by atoms with E-state index in [1.54, 1.807) is 0 Å². The van der Waals surface area contributed by atoms with Gasteiger partial charge in [-0.2, -0.15) is 0 Å². The van der Waals surface area contributed by atoms with Crippen LogP contribution in [0.25, 0.3) is 0 Å². The lowest BCUT2D eigenvalue weighted by molar-refractivity contribution is 0.146. The zero-order valence-electron chi connectivity index (χ0n) is 6.74. The summed E-state index contributed by atoms with van der Waals surface area (Å²) in [5.74, 6) is 0. The van der Waals surface area contributed by atoms with Crippen molar-refractivity contribution in [2.24, 2.45) is 0 Å². The van der Waals surface area contributed by atoms with Gasteiger partial charge in [0.25, 0.3) is 0 Å². The molecule has 1 saturated heterocycles. The van der Waals surface area contributed by atoms with Gasteiger partial charge in [-0.25, -0.2) is 0 Å². The highest BCUT2D eigenvalue weighted by Gasteiger charge is 2.09. The van der Waals surface area contributed by atoms with Gasteiger partial charge in [0.2, 0.25) is 0 Å². The third-order valence-electron chi connectivity index (χ3n) is 1.80. The molecule has 1 heterocycles. The summed E-state index contributed by atoms with van der Waals surface area (Å²) in [4.78, 5) is 0. The number of hydrogen-bond donors (Lipinski definition) is 0. The zero-order chi connectivity index (χ0) is 7.56. The molecule has 56 valence electrons. The van der Waals surface area contributed by atoms with E-state index in [1.807, 2.05) is 0 Å². The van der Waals surface area contributed by atoms with Gasteiger partial charge in [0.05, 0.1) is 13.2 Å². The molecule has 0 N–H and O–H groups in total. The first-order valence-corrected chi connectivity index (χ1v) is 3.64. The van der Waals surface area contributed by atoms with E-state index in [4.69, 9.17) is 4.74 Å². The maximum Gasteiger partial charge on any atom is 0.0713 e. The Labute approximate surface area is 62.4 Å². The van der Waals surface area contributed by atoms with Crippen LogP contribution >= 0.6 is 0 Å². The van der Waals surface area contributed by atoms with Crippen molar-refractivity contribution in [3.8, 4) is 0 Å². The van der Waals surface area contributed by atoms with E-state index in [0.717, 1.165) is 25.2 Å². The third kappa shape index (κ3) is 1.48. The van der Waals surface area contributed by atoms with E-state index >= 15 is 0 Å². The summed E-state index contributed by atoms with van der Waals surface area (Å²) in [5.41, 5.74) is 3.95. The van der Waals surface area contributed by atoms with E-state index in [1.165, 1.54) is 11.1 Å². The van der Waals surface area contributed by atoms with Crippen LogP contribution < -0.4 is 0 Å². The Hall–Kier alpha value is -0.560. The molecule has 0 unspecified atom stereocenters. The molecule has 0 atom stereocenters. The summed E-state index contributed by atoms with van der Waals surface area (Å²) in [6.07, 6.45) is 1.04. The summed E-state index contributed by atoms with van der Waals surface area (Å²) in [7, 11) is 0. The van der Waals surface area contributed by atoms with Crippen LogP contribution in [0.1, 0.15) is 20.3 Å². The van der Waals surface area contributed by atoms with Crippen LogP contribution in [0.3, 0.4) is 0 Å².